The molecule has 2 aliphatic carbocycles. The van der Waals surface area contributed by atoms with Gasteiger partial charge in [0, 0.05) is 54.1 Å². The second kappa shape index (κ2) is 10.9. The van der Waals surface area contributed by atoms with E-state index in [4.69, 9.17) is 24.0 Å². The summed E-state index contributed by atoms with van der Waals surface area (Å²) in [6.07, 6.45) is 2.45. The molecule has 5 aromatic rings. The monoisotopic (exact) mass is 648 g/mol. The van der Waals surface area contributed by atoms with Gasteiger partial charge in [-0.25, -0.2) is 18.7 Å². The third-order valence-corrected chi connectivity index (χ3v) is 9.78. The van der Waals surface area contributed by atoms with Crippen molar-refractivity contribution in [1.82, 2.24) is 24.6 Å². The minimum atomic E-state index is -3.95. The Balaban J connectivity index is 1.13. The molecule has 0 saturated heterocycles. The zero-order chi connectivity index (χ0) is 32.4. The summed E-state index contributed by atoms with van der Waals surface area (Å²) in [6.45, 7) is 4.74. The van der Waals surface area contributed by atoms with Crippen molar-refractivity contribution in [3.63, 3.8) is 0 Å². The van der Waals surface area contributed by atoms with E-state index in [2.05, 4.69) is 42.3 Å². The number of aromatic nitrogens is 5. The van der Waals surface area contributed by atoms with Crippen molar-refractivity contribution in [2.24, 2.45) is 0 Å². The highest BCUT2D eigenvalue weighted by Crippen LogP contribution is 2.55. The topological polar surface area (TPSA) is 121 Å². The van der Waals surface area contributed by atoms with Crippen LogP contribution in [0.1, 0.15) is 71.3 Å². The fourth-order valence-corrected chi connectivity index (χ4v) is 7.33. The minimum absolute atomic E-state index is 0.0878. The largest absolute Gasteiger partial charge is 0.494 e. The van der Waals surface area contributed by atoms with Crippen LogP contribution in [-0.2, 0) is 26.4 Å². The van der Waals surface area contributed by atoms with Crippen molar-refractivity contribution in [2.75, 3.05) is 18.7 Å². The predicted octanol–water partition coefficient (Wildman–Crippen LogP) is 6.17. The van der Waals surface area contributed by atoms with Crippen LogP contribution in [0, 0.1) is 13.8 Å². The number of fused-ring (bicyclic) bond motifs is 3. The normalized spacial score (nSPS) is 20.3. The molecule has 2 aromatic carbocycles. The molecular formula is C33H34F2N6O4S. The molecule has 7 rings (SSSR count). The summed E-state index contributed by atoms with van der Waals surface area (Å²) in [6, 6.07) is 15.5. The molecule has 0 aliphatic heterocycles. The lowest BCUT2D eigenvalue weighted by Crippen LogP contribution is -2.52. The average molecular weight is 649 g/mol. The van der Waals surface area contributed by atoms with Crippen LogP contribution in [0.5, 0.6) is 5.75 Å². The van der Waals surface area contributed by atoms with Crippen LogP contribution in [0.15, 0.2) is 54.7 Å². The molecule has 0 atom stereocenters. The Hall–Kier alpha value is -4.23. The number of nitrogens with zero attached hydrogens (tertiary/aromatic N) is 5. The first-order chi connectivity index (χ1) is 21.8. The third kappa shape index (κ3) is 5.55. The Morgan fingerprint density at radius 1 is 1.02 bits per heavy atom. The smallest absolute Gasteiger partial charge is 0.265 e. The summed E-state index contributed by atoms with van der Waals surface area (Å²) in [5, 5.41) is 9.18. The van der Waals surface area contributed by atoms with E-state index in [0.29, 0.717) is 40.8 Å². The number of methoxy groups -OCH3 is 1. The van der Waals surface area contributed by atoms with Gasteiger partial charge in [-0.15, -0.1) is 5.10 Å². The molecule has 2 fully saturated rings. The number of ether oxygens (including phenoxy) is 1. The van der Waals surface area contributed by atoms with Crippen molar-refractivity contribution in [3.05, 3.63) is 88.5 Å². The standard InChI is InChI=1S/C33H34F2N6O4S/c1-19-8-9-21(12-20(19)2)15-37-31-38-28-25(6-5-7-27(28)44-3)30-39-29(40-41(30)31)23-13-22(14-23)26-11-10-24(16-36-26)32(45-46(4,42)43)17-33(34,35)18-32/h5-12,16,22-23H,13-15,17-18H2,1-4H3,(H,37,38)/t22-,23+. The fourth-order valence-electron chi connectivity index (χ4n) is 6.54. The molecule has 0 amide bonds. The first kappa shape index (κ1) is 30.4. The van der Waals surface area contributed by atoms with Gasteiger partial charge in [0.15, 0.2) is 11.5 Å². The van der Waals surface area contributed by atoms with Crippen molar-refractivity contribution in [1.29, 1.82) is 0 Å². The van der Waals surface area contributed by atoms with Gasteiger partial charge in [0.05, 0.1) is 13.4 Å². The molecule has 10 nitrogen and oxygen atoms in total. The summed E-state index contributed by atoms with van der Waals surface area (Å²) in [5.74, 6) is -0.860. The number of alkyl halides is 2. The number of anilines is 1. The lowest BCUT2D eigenvalue weighted by molar-refractivity contribution is -0.195. The highest BCUT2D eigenvalue weighted by atomic mass is 32.2. The first-order valence-corrected chi connectivity index (χ1v) is 16.9. The number of hydrogen-bond acceptors (Lipinski definition) is 9. The Labute approximate surface area is 265 Å². The molecular weight excluding hydrogens is 614 g/mol. The van der Waals surface area contributed by atoms with Gasteiger partial charge in [0.1, 0.15) is 16.9 Å². The van der Waals surface area contributed by atoms with E-state index in [9.17, 15) is 17.2 Å². The van der Waals surface area contributed by atoms with Crippen molar-refractivity contribution < 1.29 is 26.1 Å². The molecule has 0 spiro atoms. The van der Waals surface area contributed by atoms with E-state index >= 15 is 0 Å². The lowest BCUT2D eigenvalue weighted by Gasteiger charge is -2.45. The Morgan fingerprint density at radius 2 is 1.80 bits per heavy atom. The highest BCUT2D eigenvalue weighted by Gasteiger charge is 2.60. The van der Waals surface area contributed by atoms with E-state index in [1.165, 1.54) is 17.3 Å². The molecule has 2 saturated carbocycles. The third-order valence-electron chi connectivity index (χ3n) is 9.16. The molecule has 0 radical (unpaired) electrons. The van der Waals surface area contributed by atoms with E-state index in [1.54, 1.807) is 23.8 Å². The van der Waals surface area contributed by atoms with Gasteiger partial charge in [-0.1, -0.05) is 30.3 Å². The summed E-state index contributed by atoms with van der Waals surface area (Å²) < 4.78 is 63.8. The SMILES string of the molecule is COc1cccc2c1nc(NCc1ccc(C)c(C)c1)n1nc([C@H]3C[C@@H](c4ccc(C5(OS(C)(=O)=O)CC(F)(F)C5)cn4)C3)nc21. The van der Waals surface area contributed by atoms with E-state index < -0.39 is 34.5 Å². The van der Waals surface area contributed by atoms with Gasteiger partial charge in [-0.05, 0) is 61.6 Å². The van der Waals surface area contributed by atoms with Crippen LogP contribution in [0.25, 0.3) is 16.6 Å². The fraction of sp³-hybridized carbons (Fsp3) is 0.394. The molecule has 0 bridgehead atoms. The van der Waals surface area contributed by atoms with Gasteiger partial charge in [-0.3, -0.25) is 9.17 Å². The van der Waals surface area contributed by atoms with E-state index in [0.717, 1.165) is 35.7 Å². The number of nitrogens with one attached hydrogen (secondary N) is 1. The van der Waals surface area contributed by atoms with E-state index in [1.807, 2.05) is 18.2 Å². The quantitative estimate of drug-likeness (QED) is 0.187. The van der Waals surface area contributed by atoms with Gasteiger partial charge >= 0.3 is 0 Å². The molecule has 1 N–H and O–H groups in total. The summed E-state index contributed by atoms with van der Waals surface area (Å²) >= 11 is 0. The number of halogens is 2. The van der Waals surface area contributed by atoms with Gasteiger partial charge in [0.25, 0.3) is 16.0 Å². The molecule has 2 aliphatic rings. The number of benzene rings is 2. The predicted molar refractivity (Wildman–Crippen MR) is 169 cm³/mol. The van der Waals surface area contributed by atoms with Crippen LogP contribution < -0.4 is 10.1 Å². The average Bonchev–Trinajstić information content (AvgIpc) is 3.40. The zero-order valence-corrected chi connectivity index (χ0v) is 26.7. The Bertz CT molecular complexity index is 2070. The zero-order valence-electron chi connectivity index (χ0n) is 25.9. The van der Waals surface area contributed by atoms with E-state index in [-0.39, 0.29) is 11.8 Å². The molecule has 3 aromatic heterocycles. The molecule has 46 heavy (non-hydrogen) atoms. The van der Waals surface area contributed by atoms with Crippen LogP contribution in [0.3, 0.4) is 0 Å². The Kier molecular flexibility index (Phi) is 7.24. The summed E-state index contributed by atoms with van der Waals surface area (Å²) in [5.41, 5.74) is 4.50. The van der Waals surface area contributed by atoms with Crippen LogP contribution in [-0.4, -0.2) is 52.3 Å². The van der Waals surface area contributed by atoms with Gasteiger partial charge in [-0.2, -0.15) is 12.9 Å². The first-order valence-electron chi connectivity index (χ1n) is 15.1. The highest BCUT2D eigenvalue weighted by molar-refractivity contribution is 7.86. The molecule has 0 unspecified atom stereocenters. The van der Waals surface area contributed by atoms with Crippen molar-refractivity contribution in [2.45, 2.75) is 69.4 Å². The van der Waals surface area contributed by atoms with Crippen molar-refractivity contribution >= 4 is 32.6 Å². The van der Waals surface area contributed by atoms with Crippen molar-refractivity contribution in [3.8, 4) is 5.75 Å². The summed E-state index contributed by atoms with van der Waals surface area (Å²) in [7, 11) is -2.33. The number of rotatable bonds is 9. The summed E-state index contributed by atoms with van der Waals surface area (Å²) in [4.78, 5) is 14.4. The van der Waals surface area contributed by atoms with Crippen LogP contribution >= 0.6 is 0 Å². The lowest BCUT2D eigenvalue weighted by atomic mass is 9.71. The van der Waals surface area contributed by atoms with Gasteiger partial charge in [0.2, 0.25) is 5.95 Å². The maximum absolute atomic E-state index is 13.8. The molecule has 240 valence electrons. The maximum atomic E-state index is 13.8. The minimum Gasteiger partial charge on any atom is -0.494 e. The Morgan fingerprint density at radius 3 is 2.46 bits per heavy atom. The second-order valence-corrected chi connectivity index (χ2v) is 14.2. The second-order valence-electron chi connectivity index (χ2n) is 12.6. The van der Waals surface area contributed by atoms with Gasteiger partial charge < -0.3 is 10.1 Å². The number of para-hydroxylation sites is 1. The molecule has 3 heterocycles. The number of hydrogen-bond donors (Lipinski definition) is 1. The molecule has 13 heteroatoms. The van der Waals surface area contributed by atoms with Crippen LogP contribution in [0.2, 0.25) is 0 Å². The maximum Gasteiger partial charge on any atom is 0.265 e. The number of pyridine rings is 1. The number of aryl methyl sites for hydroxylation is 2. The van der Waals surface area contributed by atoms with Crippen LogP contribution in [0.4, 0.5) is 14.7 Å².